The lowest BCUT2D eigenvalue weighted by Gasteiger charge is -2.25. The Kier molecular flexibility index (Phi) is 7.28. The Morgan fingerprint density at radius 3 is 2.35 bits per heavy atom. The van der Waals surface area contributed by atoms with Crippen molar-refractivity contribution >= 4 is 46.5 Å². The highest BCUT2D eigenvalue weighted by Crippen LogP contribution is 2.56. The van der Waals surface area contributed by atoms with Gasteiger partial charge in [-0.05, 0) is 79.6 Å². The zero-order chi connectivity index (χ0) is 26.3. The van der Waals surface area contributed by atoms with Gasteiger partial charge in [0.15, 0.2) is 0 Å². The quantitative estimate of drug-likeness (QED) is 0.274. The van der Waals surface area contributed by atoms with Crippen LogP contribution in [0.5, 0.6) is 5.75 Å². The highest BCUT2D eigenvalue weighted by Gasteiger charge is 2.40. The van der Waals surface area contributed by atoms with Crippen molar-refractivity contribution in [1.82, 2.24) is 16.0 Å². The van der Waals surface area contributed by atoms with E-state index in [2.05, 4.69) is 24.8 Å². The Balaban J connectivity index is 1.32. The maximum absolute atomic E-state index is 11.1. The van der Waals surface area contributed by atoms with Crippen LogP contribution in [-0.2, 0) is 0 Å². The first-order chi connectivity index (χ1) is 17.7. The number of ether oxygens (including phenoxy) is 1. The molecule has 2 atom stereocenters. The molecule has 0 aromatic heterocycles. The van der Waals surface area contributed by atoms with Gasteiger partial charge in [-0.25, -0.2) is 4.79 Å². The van der Waals surface area contributed by atoms with E-state index in [0.29, 0.717) is 43.8 Å². The summed E-state index contributed by atoms with van der Waals surface area (Å²) in [5, 5.41) is 12.8. The molecule has 1 aliphatic carbocycles. The Hall–Kier alpha value is -2.90. The van der Waals surface area contributed by atoms with Crippen LogP contribution < -0.4 is 15.7 Å². The fraction of sp³-hybridized carbons (Fsp3) is 0.250. The summed E-state index contributed by atoms with van der Waals surface area (Å²) in [6, 6.07) is 18.4. The van der Waals surface area contributed by atoms with Crippen molar-refractivity contribution in [2.45, 2.75) is 38.1 Å². The van der Waals surface area contributed by atoms with Gasteiger partial charge in [-0.2, -0.15) is 0 Å². The number of halogens is 3. The van der Waals surface area contributed by atoms with E-state index in [4.69, 9.17) is 44.6 Å². The second-order valence-corrected chi connectivity index (χ2v) is 10.7. The lowest BCUT2D eigenvalue weighted by Crippen LogP contribution is -2.43. The Bertz CT molecular complexity index is 1350. The molecule has 0 amide bonds. The molecule has 9 heteroatoms. The van der Waals surface area contributed by atoms with Gasteiger partial charge in [0.1, 0.15) is 12.4 Å². The molecule has 1 saturated carbocycles. The first-order valence-corrected chi connectivity index (χ1v) is 13.1. The van der Waals surface area contributed by atoms with Crippen LogP contribution in [0.25, 0.3) is 5.70 Å². The third kappa shape index (κ3) is 5.25. The van der Waals surface area contributed by atoms with Gasteiger partial charge in [-0.1, -0.05) is 59.1 Å². The zero-order valence-corrected chi connectivity index (χ0v) is 22.5. The number of rotatable bonds is 8. The summed E-state index contributed by atoms with van der Waals surface area (Å²) in [4.78, 5) is 11.1. The highest BCUT2D eigenvalue weighted by molar-refractivity contribution is 6.37. The van der Waals surface area contributed by atoms with Crippen LogP contribution in [0.2, 0.25) is 15.1 Å². The summed E-state index contributed by atoms with van der Waals surface area (Å²) in [6.45, 7) is 4.41. The first-order valence-electron chi connectivity index (χ1n) is 12.0. The van der Waals surface area contributed by atoms with Gasteiger partial charge in [-0.3, -0.25) is 5.01 Å². The van der Waals surface area contributed by atoms with Crippen molar-refractivity contribution in [2.24, 2.45) is 0 Å². The summed E-state index contributed by atoms with van der Waals surface area (Å²) < 4.78 is 6.18. The van der Waals surface area contributed by atoms with Crippen molar-refractivity contribution in [1.29, 1.82) is 0 Å². The van der Waals surface area contributed by atoms with Gasteiger partial charge in [-0.15, -0.1) is 5.53 Å². The fourth-order valence-corrected chi connectivity index (χ4v) is 5.63. The topological polar surface area (TPSA) is 73.8 Å². The number of carboxylic acids is 1. The third-order valence-electron chi connectivity index (χ3n) is 6.73. The highest BCUT2D eigenvalue weighted by atomic mass is 35.5. The molecule has 1 heterocycles. The molecule has 0 radical (unpaired) electrons. The zero-order valence-electron chi connectivity index (χ0n) is 20.3. The van der Waals surface area contributed by atoms with E-state index in [0.717, 1.165) is 28.9 Å². The van der Waals surface area contributed by atoms with Crippen molar-refractivity contribution in [3.05, 3.63) is 104 Å². The number of carbonyl (C=O) groups is 1. The molecular weight excluding hydrogens is 533 g/mol. The molecule has 6 nitrogen and oxygen atoms in total. The second-order valence-electron chi connectivity index (χ2n) is 9.47. The van der Waals surface area contributed by atoms with Crippen molar-refractivity contribution in [3.8, 4) is 5.75 Å². The number of hydrogen-bond donors (Lipinski definition) is 3. The Labute approximate surface area is 230 Å². The monoisotopic (exact) mass is 557 g/mol. The first kappa shape index (κ1) is 25.7. The largest absolute Gasteiger partial charge is 0.487 e. The molecule has 3 N–H and O–H groups in total. The van der Waals surface area contributed by atoms with Crippen molar-refractivity contribution < 1.29 is 14.6 Å². The van der Waals surface area contributed by atoms with Gasteiger partial charge in [0.25, 0.3) is 0 Å². The van der Waals surface area contributed by atoms with E-state index < -0.39 is 5.97 Å². The van der Waals surface area contributed by atoms with Crippen LogP contribution in [-0.4, -0.2) is 28.7 Å². The molecule has 5 rings (SSSR count). The number of aromatic carboxylic acids is 1. The summed E-state index contributed by atoms with van der Waals surface area (Å²) in [5.41, 5.74) is 11.2. The molecule has 192 valence electrons. The number of nitrogens with one attached hydrogen (secondary N) is 2. The molecule has 0 bridgehead atoms. The summed E-state index contributed by atoms with van der Waals surface area (Å²) in [5.74, 6) is 0.365. The van der Waals surface area contributed by atoms with Crippen molar-refractivity contribution in [3.63, 3.8) is 0 Å². The number of hydrazine groups is 2. The van der Waals surface area contributed by atoms with Gasteiger partial charge < -0.3 is 15.3 Å². The van der Waals surface area contributed by atoms with Crippen LogP contribution in [0.1, 0.15) is 59.2 Å². The molecule has 2 aliphatic rings. The van der Waals surface area contributed by atoms with Crippen LogP contribution in [0.4, 0.5) is 0 Å². The molecule has 0 spiro atoms. The number of hydrogen-bond acceptors (Lipinski definition) is 5. The third-order valence-corrected chi connectivity index (χ3v) is 7.69. The summed E-state index contributed by atoms with van der Waals surface area (Å²) >= 11 is 19.6. The molecule has 0 saturated heterocycles. The predicted octanol–water partition coefficient (Wildman–Crippen LogP) is 7.10. The standard InChI is InChI=1S/C28H26Cl3N3O3/c1-15(2)34-25(27(32-33-34)26-22(29)4-3-5-23(26)30)14-37-18-10-11-19(24(31)12-18)21-13-20(21)16-6-8-17(9-7-16)28(35)36/h3-12,15,20-21,32-33H,13-14H2,1-2H3,(H,35,36). The minimum Gasteiger partial charge on any atom is -0.487 e. The van der Waals surface area contributed by atoms with E-state index in [-0.39, 0.29) is 12.6 Å². The smallest absolute Gasteiger partial charge is 0.335 e. The van der Waals surface area contributed by atoms with Gasteiger partial charge in [0.2, 0.25) is 0 Å². The molecule has 1 fully saturated rings. The average Bonchev–Trinajstić information content (AvgIpc) is 3.54. The summed E-state index contributed by atoms with van der Waals surface area (Å²) in [7, 11) is 0. The maximum atomic E-state index is 11.1. The van der Waals surface area contributed by atoms with E-state index in [1.54, 1.807) is 24.3 Å². The SMILES string of the molecule is CC(C)N1NNC(c2c(Cl)cccc2Cl)=C1COc1ccc(C2CC2c2ccc(C(=O)O)cc2)c(Cl)c1. The molecule has 1 aliphatic heterocycles. The minimum absolute atomic E-state index is 0.146. The van der Waals surface area contributed by atoms with E-state index in [1.165, 1.54) is 0 Å². The van der Waals surface area contributed by atoms with Gasteiger partial charge in [0, 0.05) is 16.6 Å². The van der Waals surface area contributed by atoms with Crippen LogP contribution in [0.3, 0.4) is 0 Å². The van der Waals surface area contributed by atoms with E-state index in [9.17, 15) is 4.79 Å². The summed E-state index contributed by atoms with van der Waals surface area (Å²) in [6.07, 6.45) is 0.974. The number of carboxylic acid groups (broad SMARTS) is 1. The van der Waals surface area contributed by atoms with E-state index in [1.807, 2.05) is 41.4 Å². The molecule has 2 unspecified atom stereocenters. The second kappa shape index (κ2) is 10.5. The molecular formula is C28H26Cl3N3O3. The van der Waals surface area contributed by atoms with Crippen LogP contribution in [0.15, 0.2) is 66.4 Å². The number of nitrogens with zero attached hydrogens (tertiary/aromatic N) is 1. The van der Waals surface area contributed by atoms with Crippen LogP contribution >= 0.6 is 34.8 Å². The van der Waals surface area contributed by atoms with Gasteiger partial charge >= 0.3 is 5.97 Å². The lowest BCUT2D eigenvalue weighted by molar-refractivity contribution is 0.0697. The lowest BCUT2D eigenvalue weighted by atomic mass is 10.0. The number of benzene rings is 3. The fourth-order valence-electron chi connectivity index (χ4n) is 4.73. The van der Waals surface area contributed by atoms with Crippen LogP contribution in [0, 0.1) is 0 Å². The van der Waals surface area contributed by atoms with E-state index >= 15 is 0 Å². The molecule has 3 aromatic rings. The van der Waals surface area contributed by atoms with Crippen molar-refractivity contribution in [2.75, 3.05) is 6.61 Å². The normalized spacial score (nSPS) is 18.8. The molecule has 37 heavy (non-hydrogen) atoms. The molecule has 3 aromatic carbocycles. The average molecular weight is 559 g/mol. The maximum Gasteiger partial charge on any atom is 0.335 e. The van der Waals surface area contributed by atoms with Gasteiger partial charge in [0.05, 0.1) is 27.0 Å². The Morgan fingerprint density at radius 1 is 1.03 bits per heavy atom. The Morgan fingerprint density at radius 2 is 1.73 bits per heavy atom. The predicted molar refractivity (Wildman–Crippen MR) is 147 cm³/mol. The minimum atomic E-state index is -0.920.